The summed E-state index contributed by atoms with van der Waals surface area (Å²) >= 11 is 1.82. The molecule has 19 heavy (non-hydrogen) atoms. The summed E-state index contributed by atoms with van der Waals surface area (Å²) in [6.07, 6.45) is 4.19. The lowest BCUT2D eigenvalue weighted by Crippen LogP contribution is -2.37. The van der Waals surface area contributed by atoms with Crippen LogP contribution in [0.2, 0.25) is 0 Å². The summed E-state index contributed by atoms with van der Waals surface area (Å²) in [7, 11) is 0. The van der Waals surface area contributed by atoms with Crippen molar-refractivity contribution in [1.29, 1.82) is 0 Å². The Labute approximate surface area is 120 Å². The molecule has 0 aromatic heterocycles. The summed E-state index contributed by atoms with van der Waals surface area (Å²) in [4.78, 5) is 18.5. The topological polar surface area (TPSA) is 44.7 Å². The number of nitrogens with one attached hydrogen (secondary N) is 1. The van der Waals surface area contributed by atoms with Crippen LogP contribution in [-0.4, -0.2) is 47.4 Å². The molecule has 2 aliphatic rings. The fourth-order valence-corrected chi connectivity index (χ4v) is 3.46. The first-order valence-electron chi connectivity index (χ1n) is 7.39. The Kier molecular flexibility index (Phi) is 5.55. The lowest BCUT2D eigenvalue weighted by Gasteiger charge is -2.26. The third-order valence-electron chi connectivity index (χ3n) is 3.75. The maximum atomic E-state index is 12.0. The lowest BCUT2D eigenvalue weighted by molar-refractivity contribution is -0.131. The molecule has 4 nitrogen and oxygen atoms in total. The standard InChI is InChI=1S/C14H25N3OS/c1-11(2)12-10-16-14(19-12)15-7-6-13(18)17-8-4-3-5-9-17/h11-12H,3-10H2,1-2H3,(H,15,16). The van der Waals surface area contributed by atoms with E-state index in [-0.39, 0.29) is 5.91 Å². The zero-order valence-electron chi connectivity index (χ0n) is 12.0. The van der Waals surface area contributed by atoms with Gasteiger partial charge >= 0.3 is 0 Å². The number of piperidine rings is 1. The Bertz CT molecular complexity index is 338. The van der Waals surface area contributed by atoms with Crippen LogP contribution >= 0.6 is 11.8 Å². The van der Waals surface area contributed by atoms with E-state index in [0.29, 0.717) is 24.1 Å². The molecule has 1 N–H and O–H groups in total. The Balaban J connectivity index is 1.63. The van der Waals surface area contributed by atoms with E-state index in [1.165, 1.54) is 6.42 Å². The van der Waals surface area contributed by atoms with Gasteiger partial charge in [-0.15, -0.1) is 0 Å². The second-order valence-electron chi connectivity index (χ2n) is 5.66. The van der Waals surface area contributed by atoms with Crippen LogP contribution in [0.1, 0.15) is 39.5 Å². The molecule has 0 saturated carbocycles. The molecule has 5 heteroatoms. The summed E-state index contributed by atoms with van der Waals surface area (Å²) < 4.78 is 0. The van der Waals surface area contributed by atoms with E-state index in [4.69, 9.17) is 0 Å². The number of carbonyl (C=O) groups is 1. The van der Waals surface area contributed by atoms with Gasteiger partial charge in [-0.3, -0.25) is 9.79 Å². The summed E-state index contributed by atoms with van der Waals surface area (Å²) in [5, 5.41) is 4.92. The van der Waals surface area contributed by atoms with Gasteiger partial charge in [-0.2, -0.15) is 0 Å². The minimum Gasteiger partial charge on any atom is -0.364 e. The van der Waals surface area contributed by atoms with Gasteiger partial charge in [0, 0.05) is 31.3 Å². The van der Waals surface area contributed by atoms with E-state index in [1.807, 2.05) is 16.7 Å². The molecule has 2 aliphatic heterocycles. The maximum absolute atomic E-state index is 12.0. The van der Waals surface area contributed by atoms with Gasteiger partial charge in [0.1, 0.15) is 0 Å². The Morgan fingerprint density at radius 2 is 2.16 bits per heavy atom. The number of amidine groups is 1. The third-order valence-corrected chi connectivity index (χ3v) is 5.24. The van der Waals surface area contributed by atoms with E-state index in [0.717, 1.165) is 37.6 Å². The van der Waals surface area contributed by atoms with E-state index in [2.05, 4.69) is 24.2 Å². The SMILES string of the molecule is CC(C)C1CN=C(NCCC(=O)N2CCCCC2)S1. The van der Waals surface area contributed by atoms with Gasteiger partial charge in [-0.25, -0.2) is 0 Å². The Hall–Kier alpha value is -0.710. The van der Waals surface area contributed by atoms with Gasteiger partial charge in [-0.05, 0) is 25.2 Å². The summed E-state index contributed by atoms with van der Waals surface area (Å²) in [5.41, 5.74) is 0. The molecule has 1 fully saturated rings. The molecule has 1 unspecified atom stereocenters. The van der Waals surface area contributed by atoms with Crippen LogP contribution in [0.4, 0.5) is 0 Å². The molecule has 1 atom stereocenters. The molecular formula is C14H25N3OS. The van der Waals surface area contributed by atoms with Crippen molar-refractivity contribution in [3.05, 3.63) is 0 Å². The van der Waals surface area contributed by atoms with E-state index in [1.54, 1.807) is 0 Å². The molecule has 0 aromatic rings. The number of nitrogens with zero attached hydrogens (tertiary/aromatic N) is 2. The molecule has 1 saturated heterocycles. The van der Waals surface area contributed by atoms with Crippen molar-refractivity contribution in [2.75, 3.05) is 26.2 Å². The predicted molar refractivity (Wildman–Crippen MR) is 81.6 cm³/mol. The van der Waals surface area contributed by atoms with Crippen LogP contribution in [0.3, 0.4) is 0 Å². The predicted octanol–water partition coefficient (Wildman–Crippen LogP) is 2.11. The number of carbonyl (C=O) groups excluding carboxylic acids is 1. The van der Waals surface area contributed by atoms with Gasteiger partial charge in [0.25, 0.3) is 0 Å². The van der Waals surface area contributed by atoms with Gasteiger partial charge in [-0.1, -0.05) is 25.6 Å². The number of likely N-dealkylation sites (tertiary alicyclic amines) is 1. The van der Waals surface area contributed by atoms with E-state index in [9.17, 15) is 4.79 Å². The van der Waals surface area contributed by atoms with Crippen LogP contribution in [0.15, 0.2) is 4.99 Å². The number of rotatable bonds is 4. The maximum Gasteiger partial charge on any atom is 0.224 e. The zero-order valence-corrected chi connectivity index (χ0v) is 12.8. The summed E-state index contributed by atoms with van der Waals surface area (Å²) in [6.45, 7) is 7.98. The normalized spacial score (nSPS) is 23.6. The van der Waals surface area contributed by atoms with Gasteiger partial charge in [0.2, 0.25) is 5.91 Å². The van der Waals surface area contributed by atoms with Crippen molar-refractivity contribution in [3.63, 3.8) is 0 Å². The second-order valence-corrected chi connectivity index (χ2v) is 6.89. The van der Waals surface area contributed by atoms with E-state index < -0.39 is 0 Å². The van der Waals surface area contributed by atoms with Crippen molar-refractivity contribution in [2.24, 2.45) is 10.9 Å². The van der Waals surface area contributed by atoms with Crippen molar-refractivity contribution < 1.29 is 4.79 Å². The smallest absolute Gasteiger partial charge is 0.224 e. The molecule has 0 radical (unpaired) electrons. The first kappa shape index (κ1) is 14.7. The number of amides is 1. The van der Waals surface area contributed by atoms with Crippen LogP contribution in [0.5, 0.6) is 0 Å². The molecular weight excluding hydrogens is 258 g/mol. The molecule has 0 spiro atoms. The van der Waals surface area contributed by atoms with Crippen molar-refractivity contribution in [3.8, 4) is 0 Å². The molecule has 1 amide bonds. The number of thioether (sulfide) groups is 1. The van der Waals surface area contributed by atoms with Crippen LogP contribution in [0, 0.1) is 5.92 Å². The lowest BCUT2D eigenvalue weighted by atomic mass is 10.1. The highest BCUT2D eigenvalue weighted by Gasteiger charge is 2.22. The average molecular weight is 283 g/mol. The quantitative estimate of drug-likeness (QED) is 0.859. The summed E-state index contributed by atoms with van der Waals surface area (Å²) in [5.74, 6) is 0.944. The average Bonchev–Trinajstić information content (AvgIpc) is 2.89. The summed E-state index contributed by atoms with van der Waals surface area (Å²) in [6, 6.07) is 0. The molecule has 0 aliphatic carbocycles. The number of hydrogen-bond donors (Lipinski definition) is 1. The molecule has 2 rings (SSSR count). The molecule has 108 valence electrons. The zero-order chi connectivity index (χ0) is 13.7. The highest BCUT2D eigenvalue weighted by molar-refractivity contribution is 8.14. The first-order chi connectivity index (χ1) is 9.16. The fraction of sp³-hybridized carbons (Fsp3) is 0.857. The van der Waals surface area contributed by atoms with Crippen LogP contribution in [-0.2, 0) is 4.79 Å². The van der Waals surface area contributed by atoms with Gasteiger partial charge in [0.05, 0.1) is 6.54 Å². The van der Waals surface area contributed by atoms with E-state index >= 15 is 0 Å². The minimum atomic E-state index is 0.288. The fourth-order valence-electron chi connectivity index (χ4n) is 2.41. The number of aliphatic imine (C=N–C) groups is 1. The Morgan fingerprint density at radius 3 is 2.79 bits per heavy atom. The largest absolute Gasteiger partial charge is 0.364 e. The Morgan fingerprint density at radius 1 is 1.42 bits per heavy atom. The minimum absolute atomic E-state index is 0.288. The van der Waals surface area contributed by atoms with Gasteiger partial charge in [0.15, 0.2) is 5.17 Å². The second kappa shape index (κ2) is 7.17. The molecule has 2 heterocycles. The van der Waals surface area contributed by atoms with Gasteiger partial charge < -0.3 is 10.2 Å². The van der Waals surface area contributed by atoms with Crippen molar-refractivity contribution >= 4 is 22.8 Å². The van der Waals surface area contributed by atoms with Crippen molar-refractivity contribution in [2.45, 2.75) is 44.8 Å². The monoisotopic (exact) mass is 283 g/mol. The molecule has 0 bridgehead atoms. The third kappa shape index (κ3) is 4.41. The molecule has 0 aromatic carbocycles. The van der Waals surface area contributed by atoms with Crippen molar-refractivity contribution in [1.82, 2.24) is 10.2 Å². The highest BCUT2D eigenvalue weighted by atomic mass is 32.2. The number of hydrogen-bond acceptors (Lipinski definition) is 4. The highest BCUT2D eigenvalue weighted by Crippen LogP contribution is 2.25. The van der Waals surface area contributed by atoms with Crippen LogP contribution < -0.4 is 5.32 Å². The van der Waals surface area contributed by atoms with Crippen LogP contribution in [0.25, 0.3) is 0 Å². The first-order valence-corrected chi connectivity index (χ1v) is 8.27.